The second-order valence-corrected chi connectivity index (χ2v) is 2.13. The van der Waals surface area contributed by atoms with Gasteiger partial charge >= 0.3 is 0 Å². The lowest BCUT2D eigenvalue weighted by atomic mass is 10.3. The van der Waals surface area contributed by atoms with Gasteiger partial charge in [0, 0.05) is 0 Å². The maximum Gasteiger partial charge on any atom is 0.134 e. The van der Waals surface area contributed by atoms with Gasteiger partial charge < -0.3 is 9.47 Å². The summed E-state index contributed by atoms with van der Waals surface area (Å²) in [5, 5.41) is 0. The molecule has 0 aromatic heterocycles. The molecule has 0 bridgehead atoms. The fourth-order valence-electron chi connectivity index (χ4n) is 0.777. The zero-order valence-electron chi connectivity index (χ0n) is 6.69. The molecule has 1 rings (SSSR count). The molecule has 1 aromatic rings. The predicted octanol–water partition coefficient (Wildman–Crippen LogP) is 1.67. The molecule has 0 atom stereocenters. The minimum absolute atomic E-state index is 0.422. The number of benzene rings is 1. The summed E-state index contributed by atoms with van der Waals surface area (Å²) < 4.78 is 9.95. The molecule has 12 heavy (non-hydrogen) atoms. The highest BCUT2D eigenvalue weighted by Crippen LogP contribution is 2.07. The fourth-order valence-corrected chi connectivity index (χ4v) is 0.777. The van der Waals surface area contributed by atoms with Crippen molar-refractivity contribution >= 4 is 0 Å². The maximum absolute atomic E-state index is 5.29. The van der Waals surface area contributed by atoms with Gasteiger partial charge in [0.25, 0.3) is 0 Å². The van der Waals surface area contributed by atoms with E-state index in [1.807, 2.05) is 30.3 Å². The summed E-state index contributed by atoms with van der Waals surface area (Å²) in [5.74, 6) is 0.832. The first-order valence-electron chi connectivity index (χ1n) is 3.68. The Balaban J connectivity index is 2.21. The third-order valence-electron chi connectivity index (χ3n) is 1.28. The van der Waals surface area contributed by atoms with E-state index in [1.165, 1.54) is 0 Å². The summed E-state index contributed by atoms with van der Waals surface area (Å²) in [6, 6.07) is 9.53. The van der Waals surface area contributed by atoms with E-state index >= 15 is 0 Å². The van der Waals surface area contributed by atoms with E-state index in [-0.39, 0.29) is 0 Å². The lowest BCUT2D eigenvalue weighted by Gasteiger charge is -2.03. The van der Waals surface area contributed by atoms with E-state index in [0.29, 0.717) is 13.2 Å². The van der Waals surface area contributed by atoms with Crippen molar-refractivity contribution in [2.45, 2.75) is 0 Å². The Morgan fingerprint density at radius 1 is 1.17 bits per heavy atom. The fraction of sp³-hybridized carbons (Fsp3) is 0.200. The van der Waals surface area contributed by atoms with Crippen LogP contribution in [0.1, 0.15) is 0 Å². The van der Waals surface area contributed by atoms with Crippen LogP contribution in [0, 0.1) is 12.5 Å². The Morgan fingerprint density at radius 3 is 2.58 bits per heavy atom. The van der Waals surface area contributed by atoms with Crippen molar-refractivity contribution in [2.75, 3.05) is 13.2 Å². The molecule has 1 aromatic carbocycles. The largest absolute Gasteiger partial charge is 0.490 e. The van der Waals surface area contributed by atoms with Crippen molar-refractivity contribution < 1.29 is 9.47 Å². The summed E-state index contributed by atoms with van der Waals surface area (Å²) in [7, 11) is 0. The maximum atomic E-state index is 5.29. The summed E-state index contributed by atoms with van der Waals surface area (Å²) >= 11 is 0. The van der Waals surface area contributed by atoms with Crippen molar-refractivity contribution in [3.8, 4) is 18.3 Å². The molecule has 0 spiro atoms. The van der Waals surface area contributed by atoms with Crippen molar-refractivity contribution in [3.05, 3.63) is 30.3 Å². The molecule has 0 aliphatic rings. The zero-order valence-corrected chi connectivity index (χ0v) is 6.69. The molecule has 0 radical (unpaired) electrons. The minimum atomic E-state index is 0.422. The van der Waals surface area contributed by atoms with Crippen molar-refractivity contribution in [1.82, 2.24) is 0 Å². The minimum Gasteiger partial charge on any atom is -0.490 e. The van der Waals surface area contributed by atoms with Crippen LogP contribution in [0.3, 0.4) is 0 Å². The number of ether oxygens (including phenoxy) is 2. The number of hydrogen-bond donors (Lipinski definition) is 0. The second-order valence-electron chi connectivity index (χ2n) is 2.13. The Hall–Kier alpha value is -1.62. The van der Waals surface area contributed by atoms with Gasteiger partial charge in [-0.1, -0.05) is 24.6 Å². The third kappa shape index (κ3) is 2.98. The Morgan fingerprint density at radius 2 is 1.92 bits per heavy atom. The van der Waals surface area contributed by atoms with Gasteiger partial charge in [0.05, 0.1) is 0 Å². The predicted molar refractivity (Wildman–Crippen MR) is 46.7 cm³/mol. The number of rotatable bonds is 4. The SMILES string of the molecule is C#COCCOc1ccccc1. The summed E-state index contributed by atoms with van der Waals surface area (Å²) in [6.07, 6.45) is 6.95. The van der Waals surface area contributed by atoms with E-state index in [4.69, 9.17) is 11.2 Å². The van der Waals surface area contributed by atoms with E-state index < -0.39 is 0 Å². The van der Waals surface area contributed by atoms with E-state index in [2.05, 4.69) is 10.8 Å². The Kier molecular flexibility index (Phi) is 3.59. The molecule has 0 N–H and O–H groups in total. The highest BCUT2D eigenvalue weighted by molar-refractivity contribution is 5.20. The summed E-state index contributed by atoms with van der Waals surface area (Å²) in [4.78, 5) is 0. The Bertz CT molecular complexity index is 248. The van der Waals surface area contributed by atoms with E-state index in [9.17, 15) is 0 Å². The quantitative estimate of drug-likeness (QED) is 0.495. The first kappa shape index (κ1) is 8.48. The molecular weight excluding hydrogens is 152 g/mol. The van der Waals surface area contributed by atoms with Crippen LogP contribution in [0.25, 0.3) is 0 Å². The molecule has 62 valence electrons. The van der Waals surface area contributed by atoms with Crippen molar-refractivity contribution in [2.24, 2.45) is 0 Å². The van der Waals surface area contributed by atoms with Gasteiger partial charge in [0.2, 0.25) is 0 Å². The molecule has 0 heterocycles. The summed E-state index contributed by atoms with van der Waals surface area (Å²) in [6.45, 7) is 0.902. The third-order valence-corrected chi connectivity index (χ3v) is 1.28. The lowest BCUT2D eigenvalue weighted by molar-refractivity contribution is 0.195. The number of hydrogen-bond acceptors (Lipinski definition) is 2. The van der Waals surface area contributed by atoms with Gasteiger partial charge in [-0.2, -0.15) is 0 Å². The van der Waals surface area contributed by atoms with E-state index in [0.717, 1.165) is 5.75 Å². The monoisotopic (exact) mass is 162 g/mol. The molecule has 0 fully saturated rings. The molecule has 0 unspecified atom stereocenters. The van der Waals surface area contributed by atoms with E-state index in [1.54, 1.807) is 0 Å². The average molecular weight is 162 g/mol. The molecule has 2 nitrogen and oxygen atoms in total. The standard InChI is InChI=1S/C10H10O2/c1-2-11-8-9-12-10-6-4-3-5-7-10/h1,3-7H,8-9H2. The van der Waals surface area contributed by atoms with Crippen LogP contribution in [-0.2, 0) is 4.74 Å². The van der Waals surface area contributed by atoms with Crippen LogP contribution >= 0.6 is 0 Å². The highest BCUT2D eigenvalue weighted by atomic mass is 16.5. The first-order chi connectivity index (χ1) is 5.93. The van der Waals surface area contributed by atoms with Crippen LogP contribution < -0.4 is 4.74 Å². The van der Waals surface area contributed by atoms with Crippen LogP contribution in [0.15, 0.2) is 30.3 Å². The van der Waals surface area contributed by atoms with Gasteiger partial charge in [0.1, 0.15) is 25.1 Å². The molecule has 0 amide bonds. The first-order valence-corrected chi connectivity index (χ1v) is 3.68. The molecule has 0 aliphatic carbocycles. The van der Waals surface area contributed by atoms with Gasteiger partial charge in [-0.25, -0.2) is 0 Å². The van der Waals surface area contributed by atoms with Gasteiger partial charge in [-0.15, -0.1) is 0 Å². The average Bonchev–Trinajstić information content (AvgIpc) is 2.14. The number of para-hydroxylation sites is 1. The van der Waals surface area contributed by atoms with Crippen LogP contribution in [0.2, 0.25) is 0 Å². The molecule has 0 saturated heterocycles. The van der Waals surface area contributed by atoms with Gasteiger partial charge in [0.15, 0.2) is 0 Å². The summed E-state index contributed by atoms with van der Waals surface area (Å²) in [5.41, 5.74) is 0. The highest BCUT2D eigenvalue weighted by Gasteiger charge is 1.89. The smallest absolute Gasteiger partial charge is 0.134 e. The topological polar surface area (TPSA) is 18.5 Å². The Labute approximate surface area is 72.1 Å². The molecular formula is C10H10O2. The molecule has 2 heteroatoms. The van der Waals surface area contributed by atoms with Crippen molar-refractivity contribution in [1.29, 1.82) is 0 Å². The van der Waals surface area contributed by atoms with Crippen molar-refractivity contribution in [3.63, 3.8) is 0 Å². The second kappa shape index (κ2) is 5.09. The normalized spacial score (nSPS) is 8.58. The zero-order chi connectivity index (χ0) is 8.65. The van der Waals surface area contributed by atoms with Gasteiger partial charge in [-0.3, -0.25) is 0 Å². The molecule has 0 saturated carbocycles. The lowest BCUT2D eigenvalue weighted by Crippen LogP contribution is -2.03. The van der Waals surface area contributed by atoms with Crippen LogP contribution in [-0.4, -0.2) is 13.2 Å². The van der Waals surface area contributed by atoms with Crippen LogP contribution in [0.4, 0.5) is 0 Å². The van der Waals surface area contributed by atoms with Crippen LogP contribution in [0.5, 0.6) is 5.75 Å². The molecule has 0 aliphatic heterocycles. The van der Waals surface area contributed by atoms with Gasteiger partial charge in [-0.05, 0) is 12.1 Å². The number of terminal acetylenes is 1.